The van der Waals surface area contributed by atoms with E-state index in [9.17, 15) is 4.79 Å². The largest absolute Gasteiger partial charge is 0.450 e. The molecule has 28 heavy (non-hydrogen) atoms. The molecule has 0 bridgehead atoms. The second-order valence-corrected chi connectivity index (χ2v) is 8.25. The summed E-state index contributed by atoms with van der Waals surface area (Å²) >= 11 is 0. The number of rotatable bonds is 10. The summed E-state index contributed by atoms with van der Waals surface area (Å²) in [6.07, 6.45) is 2.69. The Balaban J connectivity index is 1.73. The molecule has 0 unspecified atom stereocenters. The monoisotopic (exact) mass is 382 g/mol. The van der Waals surface area contributed by atoms with Crippen LogP contribution >= 0.6 is 0 Å². The summed E-state index contributed by atoms with van der Waals surface area (Å²) in [5.74, 6) is 0. The maximum absolute atomic E-state index is 11.7. The number of carbonyl (C=O) groups excluding carboxylic acids is 1. The first kappa shape index (κ1) is 22.0. The fraction of sp³-hybridized carbons (Fsp3) is 0.458. The van der Waals surface area contributed by atoms with Crippen molar-refractivity contribution in [3.05, 3.63) is 71.8 Å². The van der Waals surface area contributed by atoms with Crippen molar-refractivity contribution in [1.29, 1.82) is 0 Å². The molecule has 2 aromatic carbocycles. The molecule has 2 rings (SSSR count). The molecule has 0 aromatic heterocycles. The van der Waals surface area contributed by atoms with Gasteiger partial charge in [-0.15, -0.1) is 0 Å². The molecule has 152 valence electrons. The van der Waals surface area contributed by atoms with Crippen LogP contribution < -0.4 is 5.32 Å². The number of hydrogen-bond acceptors (Lipinski definition) is 3. The lowest BCUT2D eigenvalue weighted by Crippen LogP contribution is -2.41. The number of alkyl carbamates (subject to hydrolysis) is 1. The third-order valence-electron chi connectivity index (χ3n) is 4.33. The summed E-state index contributed by atoms with van der Waals surface area (Å²) in [4.78, 5) is 14.1. The first-order valence-electron chi connectivity index (χ1n) is 10.2. The molecule has 0 aliphatic heterocycles. The van der Waals surface area contributed by atoms with Crippen LogP contribution in [0.1, 0.15) is 51.2 Å². The molecular weight excluding hydrogens is 348 g/mol. The van der Waals surface area contributed by atoms with E-state index in [2.05, 4.69) is 70.9 Å². The summed E-state index contributed by atoms with van der Waals surface area (Å²) in [5.41, 5.74) is 2.41. The minimum atomic E-state index is -0.331. The van der Waals surface area contributed by atoms with Gasteiger partial charge in [0.15, 0.2) is 0 Å². The highest BCUT2D eigenvalue weighted by molar-refractivity contribution is 5.67. The Hall–Kier alpha value is -2.33. The molecule has 0 aliphatic carbocycles. The molecular formula is C24H34N2O2. The lowest BCUT2D eigenvalue weighted by Gasteiger charge is -2.23. The van der Waals surface area contributed by atoms with Crippen molar-refractivity contribution in [2.45, 2.75) is 58.7 Å². The van der Waals surface area contributed by atoms with Gasteiger partial charge in [0.2, 0.25) is 0 Å². The van der Waals surface area contributed by atoms with Crippen LogP contribution in [0.3, 0.4) is 0 Å². The van der Waals surface area contributed by atoms with Crippen molar-refractivity contribution in [1.82, 2.24) is 10.2 Å². The lowest BCUT2D eigenvalue weighted by atomic mass is 10.1. The minimum absolute atomic E-state index is 0.257. The first-order valence-corrected chi connectivity index (χ1v) is 10.2. The number of hydrogen-bond donors (Lipinski definition) is 1. The number of nitrogens with zero attached hydrogens (tertiary/aromatic N) is 1. The van der Waals surface area contributed by atoms with E-state index in [0.717, 1.165) is 38.9 Å². The topological polar surface area (TPSA) is 41.6 Å². The highest BCUT2D eigenvalue weighted by Crippen LogP contribution is 2.12. The van der Waals surface area contributed by atoms with Gasteiger partial charge < -0.3 is 10.1 Å². The molecule has 0 saturated heterocycles. The number of carbonyl (C=O) groups is 1. The Kier molecular flexibility index (Phi) is 9.02. The van der Waals surface area contributed by atoms with Crippen LogP contribution in [0.5, 0.6) is 0 Å². The Morgan fingerprint density at radius 2 is 1.39 bits per heavy atom. The van der Waals surface area contributed by atoms with Crippen molar-refractivity contribution in [2.75, 3.05) is 13.2 Å². The van der Waals surface area contributed by atoms with Crippen molar-refractivity contribution in [3.63, 3.8) is 0 Å². The van der Waals surface area contributed by atoms with Crippen LogP contribution in [0.15, 0.2) is 60.7 Å². The van der Waals surface area contributed by atoms with Gasteiger partial charge in [-0.3, -0.25) is 4.90 Å². The standard InChI is InChI=1S/C24H34N2O2/c1-24(2,3)25-23(27)28-18-12-6-11-17-26(19-21-13-7-4-8-14-21)20-22-15-9-5-10-16-22/h4-5,7-10,13-16H,6,11-12,17-20H2,1-3H3,(H,25,27). The number of benzene rings is 2. The predicted octanol–water partition coefficient (Wildman–Crippen LogP) is 5.38. The fourth-order valence-electron chi connectivity index (χ4n) is 3.02. The zero-order valence-corrected chi connectivity index (χ0v) is 17.5. The van der Waals surface area contributed by atoms with Crippen LogP contribution in [0.25, 0.3) is 0 Å². The summed E-state index contributed by atoms with van der Waals surface area (Å²) in [6.45, 7) is 9.23. The Morgan fingerprint density at radius 1 is 0.857 bits per heavy atom. The van der Waals surface area contributed by atoms with Crippen LogP contribution in [0.2, 0.25) is 0 Å². The molecule has 2 aromatic rings. The van der Waals surface area contributed by atoms with Gasteiger partial charge in [0.05, 0.1) is 6.61 Å². The van der Waals surface area contributed by atoms with E-state index in [1.54, 1.807) is 0 Å². The molecule has 0 saturated carbocycles. The van der Waals surface area contributed by atoms with Gasteiger partial charge in [-0.05, 0) is 57.7 Å². The van der Waals surface area contributed by atoms with E-state index >= 15 is 0 Å². The SMILES string of the molecule is CC(C)(C)NC(=O)OCCCCCN(Cc1ccccc1)Cc1ccccc1. The summed E-state index contributed by atoms with van der Waals surface area (Å²) < 4.78 is 5.25. The molecule has 1 N–H and O–H groups in total. The van der Waals surface area contributed by atoms with Crippen LogP contribution in [-0.2, 0) is 17.8 Å². The van der Waals surface area contributed by atoms with Crippen molar-refractivity contribution >= 4 is 6.09 Å². The average molecular weight is 383 g/mol. The fourth-order valence-corrected chi connectivity index (χ4v) is 3.02. The third-order valence-corrected chi connectivity index (χ3v) is 4.33. The van der Waals surface area contributed by atoms with E-state index in [1.165, 1.54) is 11.1 Å². The molecule has 0 aliphatic rings. The van der Waals surface area contributed by atoms with Crippen LogP contribution in [0.4, 0.5) is 4.79 Å². The maximum Gasteiger partial charge on any atom is 0.407 e. The highest BCUT2D eigenvalue weighted by Gasteiger charge is 2.14. The third kappa shape index (κ3) is 9.56. The minimum Gasteiger partial charge on any atom is -0.450 e. The molecule has 0 heterocycles. The Bertz CT molecular complexity index is 639. The zero-order chi connectivity index (χ0) is 20.2. The number of nitrogens with one attached hydrogen (secondary N) is 1. The molecule has 0 spiro atoms. The predicted molar refractivity (Wildman–Crippen MR) is 115 cm³/mol. The van der Waals surface area contributed by atoms with Crippen molar-refractivity contribution in [2.24, 2.45) is 0 Å². The summed E-state index contributed by atoms with van der Waals surface area (Å²) in [7, 11) is 0. The van der Waals surface area contributed by atoms with Gasteiger partial charge in [-0.2, -0.15) is 0 Å². The molecule has 0 radical (unpaired) electrons. The Morgan fingerprint density at radius 3 is 1.89 bits per heavy atom. The van der Waals surface area contributed by atoms with E-state index < -0.39 is 0 Å². The van der Waals surface area contributed by atoms with Gasteiger partial charge >= 0.3 is 6.09 Å². The zero-order valence-electron chi connectivity index (χ0n) is 17.5. The van der Waals surface area contributed by atoms with E-state index in [-0.39, 0.29) is 11.6 Å². The molecule has 0 atom stereocenters. The van der Waals surface area contributed by atoms with Gasteiger partial charge in [-0.1, -0.05) is 60.7 Å². The smallest absolute Gasteiger partial charge is 0.407 e. The Labute approximate surface area is 169 Å². The molecule has 4 heteroatoms. The molecule has 0 fully saturated rings. The maximum atomic E-state index is 11.7. The number of ether oxygens (including phenoxy) is 1. The average Bonchev–Trinajstić information content (AvgIpc) is 2.64. The van der Waals surface area contributed by atoms with Gasteiger partial charge in [0.25, 0.3) is 0 Å². The number of unbranched alkanes of at least 4 members (excludes halogenated alkanes) is 2. The normalized spacial score (nSPS) is 11.4. The highest BCUT2D eigenvalue weighted by atomic mass is 16.5. The quantitative estimate of drug-likeness (QED) is 0.561. The summed E-state index contributed by atoms with van der Waals surface area (Å²) in [5, 5.41) is 2.81. The molecule has 4 nitrogen and oxygen atoms in total. The first-order chi connectivity index (χ1) is 13.4. The van der Waals surface area contributed by atoms with Crippen molar-refractivity contribution < 1.29 is 9.53 Å². The van der Waals surface area contributed by atoms with Crippen molar-refractivity contribution in [3.8, 4) is 0 Å². The lowest BCUT2D eigenvalue weighted by molar-refractivity contribution is 0.134. The van der Waals surface area contributed by atoms with Crippen LogP contribution in [-0.4, -0.2) is 29.7 Å². The van der Waals surface area contributed by atoms with Gasteiger partial charge in [-0.25, -0.2) is 4.79 Å². The van der Waals surface area contributed by atoms with Gasteiger partial charge in [0.1, 0.15) is 0 Å². The second-order valence-electron chi connectivity index (χ2n) is 8.25. The van der Waals surface area contributed by atoms with Gasteiger partial charge in [0, 0.05) is 18.6 Å². The van der Waals surface area contributed by atoms with E-state index in [0.29, 0.717) is 6.61 Å². The van der Waals surface area contributed by atoms with Crippen LogP contribution in [0, 0.1) is 0 Å². The van der Waals surface area contributed by atoms with E-state index in [4.69, 9.17) is 4.74 Å². The second kappa shape index (κ2) is 11.5. The molecule has 1 amide bonds. The number of amides is 1. The summed E-state index contributed by atoms with van der Waals surface area (Å²) in [6, 6.07) is 21.2. The van der Waals surface area contributed by atoms with E-state index in [1.807, 2.05) is 20.8 Å².